The van der Waals surface area contributed by atoms with E-state index in [-0.39, 0.29) is 23.3 Å². The maximum Gasteiger partial charge on any atom is 0.345 e. The van der Waals surface area contributed by atoms with Gasteiger partial charge in [-0.2, -0.15) is 0 Å². The molecule has 3 aromatic rings. The summed E-state index contributed by atoms with van der Waals surface area (Å²) in [5.74, 6) is -2.84. The minimum Gasteiger partial charge on any atom is -0.457 e. The van der Waals surface area contributed by atoms with E-state index < -0.39 is 45.1 Å². The highest BCUT2D eigenvalue weighted by Crippen LogP contribution is 2.35. The van der Waals surface area contributed by atoms with E-state index in [9.17, 15) is 28.9 Å². The molecule has 0 atom stereocenters. The lowest BCUT2D eigenvalue weighted by Gasteiger charge is -2.18. The number of nitro groups is 1. The molecule has 0 saturated carbocycles. The maximum absolute atomic E-state index is 13.3. The van der Waals surface area contributed by atoms with Crippen LogP contribution in [0.25, 0.3) is 0 Å². The number of carbonyl (C=O) groups excluding carboxylic acids is 3. The van der Waals surface area contributed by atoms with Gasteiger partial charge in [-0.1, -0.05) is 36.4 Å². The lowest BCUT2D eigenvalue weighted by molar-refractivity contribution is -0.385. The molecular formula is C22H12FNO6. The minimum absolute atomic E-state index is 0.0309. The molecule has 0 heterocycles. The van der Waals surface area contributed by atoms with Crippen molar-refractivity contribution >= 4 is 23.2 Å². The van der Waals surface area contributed by atoms with E-state index >= 15 is 0 Å². The molecule has 0 saturated heterocycles. The lowest BCUT2D eigenvalue weighted by atomic mass is 9.82. The molecule has 0 aromatic heterocycles. The van der Waals surface area contributed by atoms with E-state index in [2.05, 4.69) is 0 Å². The largest absolute Gasteiger partial charge is 0.457 e. The number of carbonyl (C=O) groups is 3. The van der Waals surface area contributed by atoms with Crippen LogP contribution in [0, 0.1) is 15.9 Å². The van der Waals surface area contributed by atoms with Crippen LogP contribution in [0.15, 0.2) is 60.7 Å². The van der Waals surface area contributed by atoms with E-state index in [1.807, 2.05) is 0 Å². The molecule has 0 fully saturated rings. The number of esters is 1. The monoisotopic (exact) mass is 405 g/mol. The topological polar surface area (TPSA) is 104 Å². The van der Waals surface area contributed by atoms with Crippen LogP contribution in [0.4, 0.5) is 10.1 Å². The summed E-state index contributed by atoms with van der Waals surface area (Å²) < 4.78 is 18.4. The number of hydrogen-bond donors (Lipinski definition) is 0. The third-order valence-corrected chi connectivity index (χ3v) is 4.73. The van der Waals surface area contributed by atoms with Gasteiger partial charge in [0.25, 0.3) is 5.69 Å². The fraction of sp³-hybridized carbons (Fsp3) is 0.0455. The Morgan fingerprint density at radius 2 is 1.63 bits per heavy atom. The van der Waals surface area contributed by atoms with Crippen LogP contribution in [0.1, 0.15) is 47.8 Å². The number of benzene rings is 3. The van der Waals surface area contributed by atoms with Crippen LogP contribution in [0.2, 0.25) is 0 Å². The Balaban J connectivity index is 1.75. The highest BCUT2D eigenvalue weighted by Gasteiger charge is 2.38. The van der Waals surface area contributed by atoms with Gasteiger partial charge in [0.2, 0.25) is 5.78 Å². The number of ketones is 2. The van der Waals surface area contributed by atoms with Crippen molar-refractivity contribution in [2.45, 2.75) is 6.61 Å². The standard InChI is InChI=1S/C22H12FNO6/c23-13-5-3-4-12(10-13)11-30-22(27)17-9-8-16-18(19(17)24(28)29)21(26)15-7-2-1-6-14(15)20(16)25/h1-10H,11H2. The summed E-state index contributed by atoms with van der Waals surface area (Å²) in [6.45, 7) is -0.319. The fourth-order valence-corrected chi connectivity index (χ4v) is 3.38. The second kappa shape index (κ2) is 7.32. The fourth-order valence-electron chi connectivity index (χ4n) is 3.38. The SMILES string of the molecule is O=C1c2ccccc2C(=O)c2c1ccc(C(=O)OCc1cccc(F)c1)c2[N+](=O)[O-]. The Labute approximate surface area is 168 Å². The van der Waals surface area contributed by atoms with Crippen molar-refractivity contribution in [3.05, 3.63) is 110 Å². The second-order valence-electron chi connectivity index (χ2n) is 6.55. The molecule has 3 aromatic carbocycles. The molecule has 0 bridgehead atoms. The summed E-state index contributed by atoms with van der Waals surface area (Å²) in [4.78, 5) is 49.1. The number of ether oxygens (including phenoxy) is 1. The first-order chi connectivity index (χ1) is 14.4. The molecule has 8 heteroatoms. The Morgan fingerprint density at radius 3 is 2.30 bits per heavy atom. The van der Waals surface area contributed by atoms with Crippen LogP contribution < -0.4 is 0 Å². The highest BCUT2D eigenvalue weighted by molar-refractivity contribution is 6.30. The molecule has 148 valence electrons. The molecule has 0 N–H and O–H groups in total. The number of nitro benzene ring substituents is 1. The average Bonchev–Trinajstić information content (AvgIpc) is 2.74. The van der Waals surface area contributed by atoms with E-state index in [0.717, 1.165) is 12.1 Å². The van der Waals surface area contributed by atoms with Gasteiger partial charge in [-0.05, 0) is 29.8 Å². The summed E-state index contributed by atoms with van der Waals surface area (Å²) in [6.07, 6.45) is 0. The zero-order valence-corrected chi connectivity index (χ0v) is 15.3. The molecule has 0 spiro atoms. The third-order valence-electron chi connectivity index (χ3n) is 4.73. The summed E-state index contributed by atoms with van der Waals surface area (Å²) in [7, 11) is 0. The Morgan fingerprint density at radius 1 is 0.933 bits per heavy atom. The van der Waals surface area contributed by atoms with Crippen LogP contribution in [-0.2, 0) is 11.3 Å². The number of halogens is 1. The first-order valence-electron chi connectivity index (χ1n) is 8.80. The number of rotatable bonds is 4. The van der Waals surface area contributed by atoms with Crippen LogP contribution >= 0.6 is 0 Å². The Hall–Kier alpha value is -4.20. The molecular weight excluding hydrogens is 393 g/mol. The number of hydrogen-bond acceptors (Lipinski definition) is 6. The van der Waals surface area contributed by atoms with E-state index in [1.54, 1.807) is 6.07 Å². The van der Waals surface area contributed by atoms with Gasteiger partial charge in [-0.25, -0.2) is 9.18 Å². The van der Waals surface area contributed by atoms with Gasteiger partial charge >= 0.3 is 5.97 Å². The van der Waals surface area contributed by atoms with Crippen LogP contribution in [-0.4, -0.2) is 22.5 Å². The first-order valence-corrected chi connectivity index (χ1v) is 8.80. The summed E-state index contributed by atoms with van der Waals surface area (Å²) in [6, 6.07) is 13.6. The summed E-state index contributed by atoms with van der Waals surface area (Å²) >= 11 is 0. The molecule has 0 aliphatic heterocycles. The molecule has 4 rings (SSSR count). The van der Waals surface area contributed by atoms with Crippen molar-refractivity contribution < 1.29 is 28.4 Å². The predicted molar refractivity (Wildman–Crippen MR) is 102 cm³/mol. The molecule has 1 aliphatic rings. The highest BCUT2D eigenvalue weighted by atomic mass is 19.1. The Kier molecular flexibility index (Phi) is 4.67. The van der Waals surface area contributed by atoms with Gasteiger partial charge in [-0.3, -0.25) is 19.7 Å². The summed E-state index contributed by atoms with van der Waals surface area (Å²) in [5, 5.41) is 11.8. The van der Waals surface area contributed by atoms with Gasteiger partial charge in [0.15, 0.2) is 5.78 Å². The van der Waals surface area contributed by atoms with Gasteiger partial charge in [0.05, 0.1) is 4.92 Å². The molecule has 30 heavy (non-hydrogen) atoms. The molecule has 1 aliphatic carbocycles. The zero-order valence-electron chi connectivity index (χ0n) is 15.3. The van der Waals surface area contributed by atoms with Crippen LogP contribution in [0.3, 0.4) is 0 Å². The van der Waals surface area contributed by atoms with Crippen molar-refractivity contribution in [3.63, 3.8) is 0 Å². The first kappa shape index (κ1) is 19.1. The molecule has 0 amide bonds. The molecule has 7 nitrogen and oxygen atoms in total. The smallest absolute Gasteiger partial charge is 0.345 e. The minimum atomic E-state index is -1.06. The molecule has 0 radical (unpaired) electrons. The van der Waals surface area contributed by atoms with Gasteiger partial charge < -0.3 is 4.74 Å². The van der Waals surface area contributed by atoms with Crippen molar-refractivity contribution in [3.8, 4) is 0 Å². The summed E-state index contributed by atoms with van der Waals surface area (Å²) in [5.41, 5.74) is -1.31. The zero-order chi connectivity index (χ0) is 21.4. The lowest BCUT2D eigenvalue weighted by Crippen LogP contribution is -2.23. The van der Waals surface area contributed by atoms with Crippen molar-refractivity contribution in [1.29, 1.82) is 0 Å². The normalized spacial score (nSPS) is 12.2. The number of fused-ring (bicyclic) bond motifs is 2. The third kappa shape index (κ3) is 3.14. The predicted octanol–water partition coefficient (Wildman–Crippen LogP) is 3.87. The van der Waals surface area contributed by atoms with Crippen molar-refractivity contribution in [2.24, 2.45) is 0 Å². The molecule has 0 unspecified atom stereocenters. The van der Waals surface area contributed by atoms with E-state index in [4.69, 9.17) is 4.74 Å². The second-order valence-corrected chi connectivity index (χ2v) is 6.55. The Bertz CT molecular complexity index is 1250. The quantitative estimate of drug-likeness (QED) is 0.290. The van der Waals surface area contributed by atoms with Gasteiger partial charge in [0.1, 0.15) is 23.6 Å². The van der Waals surface area contributed by atoms with E-state index in [0.29, 0.717) is 5.56 Å². The van der Waals surface area contributed by atoms with Crippen LogP contribution in [0.5, 0.6) is 0 Å². The van der Waals surface area contributed by atoms with Crippen molar-refractivity contribution in [1.82, 2.24) is 0 Å². The maximum atomic E-state index is 13.3. The van der Waals surface area contributed by atoms with Gasteiger partial charge in [-0.15, -0.1) is 0 Å². The number of nitrogens with zero attached hydrogens (tertiary/aromatic N) is 1. The van der Waals surface area contributed by atoms with E-state index in [1.165, 1.54) is 42.5 Å². The van der Waals surface area contributed by atoms with Crippen molar-refractivity contribution in [2.75, 3.05) is 0 Å². The van der Waals surface area contributed by atoms with Gasteiger partial charge in [0, 0.05) is 16.7 Å². The average molecular weight is 405 g/mol.